The van der Waals surface area contributed by atoms with Gasteiger partial charge in [-0.05, 0) is 30.9 Å². The van der Waals surface area contributed by atoms with Crippen LogP contribution in [0.15, 0.2) is 18.2 Å². The zero-order chi connectivity index (χ0) is 14.1. The van der Waals surface area contributed by atoms with Gasteiger partial charge in [-0.3, -0.25) is 11.3 Å². The lowest BCUT2D eigenvalue weighted by molar-refractivity contribution is 0.124. The second-order valence-corrected chi connectivity index (χ2v) is 4.40. The van der Waals surface area contributed by atoms with E-state index in [9.17, 15) is 4.39 Å². The van der Waals surface area contributed by atoms with Gasteiger partial charge in [0.05, 0.1) is 7.11 Å². The minimum atomic E-state index is -0.320. The normalized spacial score (nSPS) is 12.4. The summed E-state index contributed by atoms with van der Waals surface area (Å²) in [6.45, 7) is 3.42. The Hall–Kier alpha value is -1.17. The van der Waals surface area contributed by atoms with E-state index in [2.05, 4.69) is 12.3 Å². The Kier molecular flexibility index (Phi) is 7.40. The first-order valence-corrected chi connectivity index (χ1v) is 6.58. The Morgan fingerprint density at radius 1 is 1.37 bits per heavy atom. The summed E-state index contributed by atoms with van der Waals surface area (Å²) in [5.41, 5.74) is 3.30. The van der Waals surface area contributed by atoms with Gasteiger partial charge >= 0.3 is 0 Å². The maximum absolute atomic E-state index is 14.0. The Labute approximate surface area is 114 Å². The highest BCUT2D eigenvalue weighted by molar-refractivity contribution is 5.31. The van der Waals surface area contributed by atoms with E-state index >= 15 is 0 Å². The van der Waals surface area contributed by atoms with Gasteiger partial charge in [-0.2, -0.15) is 0 Å². The van der Waals surface area contributed by atoms with Crippen LogP contribution in [-0.4, -0.2) is 26.4 Å². The van der Waals surface area contributed by atoms with Gasteiger partial charge in [0.1, 0.15) is 0 Å². The van der Waals surface area contributed by atoms with Crippen LogP contribution in [0.5, 0.6) is 5.75 Å². The number of methoxy groups -OCH3 is 1. The topological polar surface area (TPSA) is 56.5 Å². The summed E-state index contributed by atoms with van der Waals surface area (Å²) < 4.78 is 24.4. The van der Waals surface area contributed by atoms with Crippen molar-refractivity contribution in [3.8, 4) is 5.75 Å². The van der Waals surface area contributed by atoms with E-state index in [1.54, 1.807) is 18.2 Å². The molecule has 0 saturated carbocycles. The number of benzene rings is 1. The van der Waals surface area contributed by atoms with Crippen molar-refractivity contribution < 1.29 is 13.9 Å². The molecule has 0 radical (unpaired) electrons. The molecule has 4 nitrogen and oxygen atoms in total. The largest absolute Gasteiger partial charge is 0.494 e. The Morgan fingerprint density at radius 3 is 2.79 bits per heavy atom. The molecular weight excluding hydrogens is 247 g/mol. The van der Waals surface area contributed by atoms with E-state index in [1.165, 1.54) is 7.11 Å². The van der Waals surface area contributed by atoms with Crippen molar-refractivity contribution in [3.63, 3.8) is 0 Å². The number of ether oxygens (including phenoxy) is 2. The van der Waals surface area contributed by atoms with E-state index in [-0.39, 0.29) is 17.6 Å². The maximum Gasteiger partial charge on any atom is 0.168 e. The van der Waals surface area contributed by atoms with Crippen molar-refractivity contribution in [2.45, 2.75) is 32.2 Å². The fourth-order valence-corrected chi connectivity index (χ4v) is 1.85. The molecule has 0 aliphatic heterocycles. The van der Waals surface area contributed by atoms with Crippen LogP contribution in [-0.2, 0) is 11.2 Å². The molecule has 1 unspecified atom stereocenters. The van der Waals surface area contributed by atoms with E-state index in [4.69, 9.17) is 15.3 Å². The molecule has 0 spiro atoms. The fourth-order valence-electron chi connectivity index (χ4n) is 1.85. The zero-order valence-corrected chi connectivity index (χ0v) is 11.6. The van der Waals surface area contributed by atoms with Crippen LogP contribution < -0.4 is 16.0 Å². The van der Waals surface area contributed by atoms with E-state index in [1.807, 2.05) is 0 Å². The van der Waals surface area contributed by atoms with Crippen LogP contribution in [0.3, 0.4) is 0 Å². The van der Waals surface area contributed by atoms with Gasteiger partial charge in [0, 0.05) is 19.3 Å². The number of hydrogen-bond acceptors (Lipinski definition) is 4. The van der Waals surface area contributed by atoms with Crippen molar-refractivity contribution in [1.29, 1.82) is 0 Å². The minimum absolute atomic E-state index is 0.0153. The van der Waals surface area contributed by atoms with E-state index < -0.39 is 0 Å². The Balaban J connectivity index is 2.55. The monoisotopic (exact) mass is 270 g/mol. The molecule has 5 heteroatoms. The van der Waals surface area contributed by atoms with Gasteiger partial charge in [0.15, 0.2) is 11.6 Å². The highest BCUT2D eigenvalue weighted by atomic mass is 19.1. The molecule has 1 atom stereocenters. The summed E-state index contributed by atoms with van der Waals surface area (Å²) in [7, 11) is 1.46. The summed E-state index contributed by atoms with van der Waals surface area (Å²) >= 11 is 0. The lowest BCUT2D eigenvalue weighted by atomic mass is 10.0. The number of hydrogen-bond donors (Lipinski definition) is 2. The van der Waals surface area contributed by atoms with Crippen LogP contribution in [0.4, 0.5) is 4.39 Å². The maximum atomic E-state index is 14.0. The van der Waals surface area contributed by atoms with Crippen LogP contribution in [0, 0.1) is 5.82 Å². The summed E-state index contributed by atoms with van der Waals surface area (Å²) in [5, 5.41) is 0. The van der Waals surface area contributed by atoms with Crippen molar-refractivity contribution in [3.05, 3.63) is 29.6 Å². The third-order valence-corrected chi connectivity index (χ3v) is 2.92. The quantitative estimate of drug-likeness (QED) is 0.409. The Bertz CT molecular complexity index is 374. The number of hydrazine groups is 1. The highest BCUT2D eigenvalue weighted by Gasteiger charge is 2.13. The van der Waals surface area contributed by atoms with Crippen molar-refractivity contribution in [1.82, 2.24) is 5.43 Å². The molecule has 0 heterocycles. The average molecular weight is 270 g/mol. The lowest BCUT2D eigenvalue weighted by Gasteiger charge is -2.17. The van der Waals surface area contributed by atoms with Crippen LogP contribution >= 0.6 is 0 Å². The molecule has 1 aromatic carbocycles. The second-order valence-electron chi connectivity index (χ2n) is 4.40. The van der Waals surface area contributed by atoms with E-state index in [0.717, 1.165) is 19.4 Å². The molecule has 0 aliphatic carbocycles. The van der Waals surface area contributed by atoms with Crippen LogP contribution in [0.1, 0.15) is 25.3 Å². The zero-order valence-electron chi connectivity index (χ0n) is 11.6. The molecule has 0 aromatic heterocycles. The number of halogens is 1. The first kappa shape index (κ1) is 15.9. The average Bonchev–Trinajstić information content (AvgIpc) is 2.44. The minimum Gasteiger partial charge on any atom is -0.494 e. The smallest absolute Gasteiger partial charge is 0.168 e. The summed E-state index contributed by atoms with van der Waals surface area (Å²) in [4.78, 5) is 0. The predicted octanol–water partition coefficient (Wildman–Crippen LogP) is 2.03. The van der Waals surface area contributed by atoms with Crippen molar-refractivity contribution >= 4 is 0 Å². The van der Waals surface area contributed by atoms with Crippen LogP contribution in [0.2, 0.25) is 0 Å². The third kappa shape index (κ3) is 5.14. The SMILES string of the molecule is CCCOCCC(Cc1cccc(OC)c1F)NN. The molecule has 1 rings (SSSR count). The summed E-state index contributed by atoms with van der Waals surface area (Å²) in [6.07, 6.45) is 2.24. The van der Waals surface area contributed by atoms with Gasteiger partial charge in [-0.1, -0.05) is 19.1 Å². The van der Waals surface area contributed by atoms with Gasteiger partial charge in [-0.25, -0.2) is 4.39 Å². The molecule has 3 N–H and O–H groups in total. The number of nitrogens with one attached hydrogen (secondary N) is 1. The summed E-state index contributed by atoms with van der Waals surface area (Å²) in [5.74, 6) is 5.44. The first-order valence-electron chi connectivity index (χ1n) is 6.58. The van der Waals surface area contributed by atoms with E-state index in [0.29, 0.717) is 18.6 Å². The van der Waals surface area contributed by atoms with Crippen molar-refractivity contribution in [2.75, 3.05) is 20.3 Å². The van der Waals surface area contributed by atoms with Gasteiger partial charge in [0.25, 0.3) is 0 Å². The number of nitrogens with two attached hydrogens (primary N) is 1. The first-order chi connectivity index (χ1) is 9.22. The Morgan fingerprint density at radius 2 is 2.16 bits per heavy atom. The highest BCUT2D eigenvalue weighted by Crippen LogP contribution is 2.21. The second kappa shape index (κ2) is 8.85. The fraction of sp³-hybridized carbons (Fsp3) is 0.571. The van der Waals surface area contributed by atoms with Crippen LogP contribution in [0.25, 0.3) is 0 Å². The van der Waals surface area contributed by atoms with Gasteiger partial charge in [-0.15, -0.1) is 0 Å². The van der Waals surface area contributed by atoms with Crippen molar-refractivity contribution in [2.24, 2.45) is 5.84 Å². The van der Waals surface area contributed by atoms with Gasteiger partial charge < -0.3 is 9.47 Å². The van der Waals surface area contributed by atoms with Gasteiger partial charge in [0.2, 0.25) is 0 Å². The molecule has 1 aromatic rings. The molecule has 0 aliphatic rings. The molecule has 0 amide bonds. The molecule has 0 saturated heterocycles. The lowest BCUT2D eigenvalue weighted by Crippen LogP contribution is -2.37. The molecule has 108 valence electrons. The standard InChI is InChI=1S/C14H23FN2O2/c1-3-8-19-9-7-12(17-16)10-11-5-4-6-13(18-2)14(11)15/h4-6,12,17H,3,7-10,16H2,1-2H3. The predicted molar refractivity (Wildman–Crippen MR) is 73.5 cm³/mol. The molecule has 0 fully saturated rings. The molecule has 19 heavy (non-hydrogen) atoms. The number of rotatable bonds is 9. The molecular formula is C14H23FN2O2. The third-order valence-electron chi connectivity index (χ3n) is 2.92. The molecule has 0 bridgehead atoms. The summed E-state index contributed by atoms with van der Waals surface area (Å²) in [6, 6.07) is 5.11.